The number of aromatic nitrogens is 2. The molecule has 3 aromatic rings. The second-order valence-electron chi connectivity index (χ2n) is 9.60. The van der Waals surface area contributed by atoms with Crippen molar-refractivity contribution in [1.29, 1.82) is 0 Å². The van der Waals surface area contributed by atoms with E-state index in [0.717, 1.165) is 50.1 Å². The summed E-state index contributed by atoms with van der Waals surface area (Å²) in [4.78, 5) is 26.0. The van der Waals surface area contributed by atoms with Crippen molar-refractivity contribution in [2.45, 2.75) is 19.3 Å². The minimum absolute atomic E-state index is 0.00852. The van der Waals surface area contributed by atoms with E-state index in [1.54, 1.807) is 18.2 Å². The Morgan fingerprint density at radius 2 is 1.83 bits per heavy atom. The van der Waals surface area contributed by atoms with E-state index in [-0.39, 0.29) is 17.3 Å². The van der Waals surface area contributed by atoms with Gasteiger partial charge in [-0.15, -0.1) is 13.2 Å². The molecular formula is C28H33F3N6O5. The molecule has 1 aliphatic rings. The number of hydrogen-bond donors (Lipinski definition) is 2. The molecule has 0 aliphatic carbocycles. The predicted molar refractivity (Wildman–Crippen MR) is 150 cm³/mol. The largest absolute Gasteiger partial charge is 0.573 e. The Balaban J connectivity index is 1.40. The number of para-hydroxylation sites is 1. The van der Waals surface area contributed by atoms with Crippen molar-refractivity contribution in [3.8, 4) is 17.2 Å². The van der Waals surface area contributed by atoms with Gasteiger partial charge < -0.3 is 34.4 Å². The average molecular weight is 591 g/mol. The highest BCUT2D eigenvalue weighted by molar-refractivity contribution is 5.85. The van der Waals surface area contributed by atoms with E-state index in [1.165, 1.54) is 37.6 Å². The second kappa shape index (κ2) is 14.0. The zero-order chi connectivity index (χ0) is 30.1. The number of nitrogens with zero attached hydrogens (tertiary/aromatic N) is 5. The maximum absolute atomic E-state index is 12.8. The molecule has 1 fully saturated rings. The molecule has 42 heavy (non-hydrogen) atoms. The summed E-state index contributed by atoms with van der Waals surface area (Å²) in [5.41, 5.74) is 0.564. The first-order chi connectivity index (χ1) is 20.1. The second-order valence-corrected chi connectivity index (χ2v) is 9.60. The summed E-state index contributed by atoms with van der Waals surface area (Å²) in [6.07, 6.45) is -4.13. The van der Waals surface area contributed by atoms with Crippen LogP contribution >= 0.6 is 0 Å². The van der Waals surface area contributed by atoms with Gasteiger partial charge in [0.25, 0.3) is 0 Å². The van der Waals surface area contributed by atoms with Gasteiger partial charge in [-0.3, -0.25) is 4.90 Å². The molecular weight excluding hydrogens is 557 g/mol. The van der Waals surface area contributed by atoms with Crippen molar-refractivity contribution in [2.24, 2.45) is 0 Å². The van der Waals surface area contributed by atoms with Crippen LogP contribution in [0.1, 0.15) is 12.0 Å². The maximum atomic E-state index is 12.8. The van der Waals surface area contributed by atoms with Crippen molar-refractivity contribution >= 4 is 23.5 Å². The Bertz CT molecular complexity index is 1340. The molecule has 0 saturated carbocycles. The van der Waals surface area contributed by atoms with Crippen molar-refractivity contribution in [3.05, 3.63) is 60.3 Å². The van der Waals surface area contributed by atoms with Crippen LogP contribution in [0.3, 0.4) is 0 Å². The Labute approximate surface area is 241 Å². The zero-order valence-corrected chi connectivity index (χ0v) is 23.3. The number of anilines is 3. The van der Waals surface area contributed by atoms with Crippen molar-refractivity contribution in [2.75, 3.05) is 63.7 Å². The fourth-order valence-electron chi connectivity index (χ4n) is 4.37. The number of carbonyl (C=O) groups is 1. The number of hydrogen-bond acceptors (Lipinski definition) is 9. The summed E-state index contributed by atoms with van der Waals surface area (Å²) < 4.78 is 54.0. The number of rotatable bonds is 12. The van der Waals surface area contributed by atoms with E-state index in [0.29, 0.717) is 23.8 Å². The number of amides is 1. The van der Waals surface area contributed by atoms with Crippen LogP contribution in [0.25, 0.3) is 0 Å². The summed E-state index contributed by atoms with van der Waals surface area (Å²) >= 11 is 0. The molecule has 11 nitrogen and oxygen atoms in total. The topological polar surface area (TPSA) is 113 Å². The molecule has 1 amide bonds. The van der Waals surface area contributed by atoms with Gasteiger partial charge in [0, 0.05) is 56.2 Å². The van der Waals surface area contributed by atoms with Gasteiger partial charge in [-0.2, -0.15) is 4.98 Å². The van der Waals surface area contributed by atoms with Crippen molar-refractivity contribution in [3.63, 3.8) is 0 Å². The normalized spacial score (nSPS) is 14.3. The lowest BCUT2D eigenvalue weighted by Crippen LogP contribution is -2.44. The van der Waals surface area contributed by atoms with E-state index in [2.05, 4.69) is 36.9 Å². The number of benzene rings is 2. The summed E-state index contributed by atoms with van der Waals surface area (Å²) in [7, 11) is 3.65. The summed E-state index contributed by atoms with van der Waals surface area (Å²) in [6, 6.07) is 11.8. The van der Waals surface area contributed by atoms with E-state index in [9.17, 15) is 23.1 Å². The molecule has 226 valence electrons. The SMILES string of the molecule is COc1cc(Nc2nccc(N(Cc3ccccc3OC(F)(F)F)C(=O)O)n2)ccc1OCCCN1CCN(C)CC1. The smallest absolute Gasteiger partial charge is 0.493 e. The average Bonchev–Trinajstić information content (AvgIpc) is 2.95. The number of nitrogens with one attached hydrogen (secondary N) is 1. The predicted octanol–water partition coefficient (Wildman–Crippen LogP) is 4.83. The number of carboxylic acid groups (broad SMARTS) is 1. The minimum atomic E-state index is -4.93. The van der Waals surface area contributed by atoms with Crippen LogP contribution in [0.5, 0.6) is 17.2 Å². The number of ether oxygens (including phenoxy) is 3. The number of likely N-dealkylation sites (N-methyl/N-ethyl adjacent to an activating group) is 1. The molecule has 0 unspecified atom stereocenters. The third kappa shape index (κ3) is 8.85. The lowest BCUT2D eigenvalue weighted by molar-refractivity contribution is -0.274. The van der Waals surface area contributed by atoms with Crippen LogP contribution in [0, 0.1) is 0 Å². The standard InChI is InChI=1S/C28H33F3N6O5/c1-35-13-15-36(16-14-35)12-5-17-41-23-9-8-21(18-24(23)40-2)33-26-32-11-10-25(34-26)37(27(38)39)19-20-6-3-4-7-22(20)42-28(29,30)31/h3-4,6-11,18H,5,12-17,19H2,1-2H3,(H,38,39)(H,32,33,34). The first kappa shape index (κ1) is 30.7. The Kier molecular flexibility index (Phi) is 10.3. The molecule has 1 saturated heterocycles. The first-order valence-electron chi connectivity index (χ1n) is 13.3. The molecule has 14 heteroatoms. The molecule has 0 atom stereocenters. The lowest BCUT2D eigenvalue weighted by Gasteiger charge is -2.32. The molecule has 2 aromatic carbocycles. The van der Waals surface area contributed by atoms with Crippen LogP contribution in [0.4, 0.5) is 35.4 Å². The Morgan fingerprint density at radius 1 is 1.07 bits per heavy atom. The number of piperazine rings is 1. The van der Waals surface area contributed by atoms with Gasteiger partial charge in [0.15, 0.2) is 11.5 Å². The Hall–Kier alpha value is -4.30. The fraction of sp³-hybridized carbons (Fsp3) is 0.393. The highest BCUT2D eigenvalue weighted by atomic mass is 19.4. The molecule has 4 rings (SSSR count). The molecule has 1 aliphatic heterocycles. The van der Waals surface area contributed by atoms with E-state index < -0.39 is 24.7 Å². The summed E-state index contributed by atoms with van der Waals surface area (Å²) in [6.45, 7) is 5.28. The van der Waals surface area contributed by atoms with Crippen LogP contribution < -0.4 is 24.4 Å². The molecule has 1 aromatic heterocycles. The number of halogens is 3. The van der Waals surface area contributed by atoms with Gasteiger partial charge in [0.2, 0.25) is 5.95 Å². The molecule has 2 N–H and O–H groups in total. The van der Waals surface area contributed by atoms with Gasteiger partial charge in [-0.1, -0.05) is 18.2 Å². The van der Waals surface area contributed by atoms with E-state index in [4.69, 9.17) is 9.47 Å². The molecule has 0 bridgehead atoms. The van der Waals surface area contributed by atoms with Gasteiger partial charge in [0.1, 0.15) is 11.6 Å². The van der Waals surface area contributed by atoms with Crippen molar-refractivity contribution < 1.29 is 37.3 Å². The fourth-order valence-corrected chi connectivity index (χ4v) is 4.37. The van der Waals surface area contributed by atoms with E-state index in [1.807, 2.05) is 0 Å². The first-order valence-corrected chi connectivity index (χ1v) is 13.3. The molecule has 0 spiro atoms. The summed E-state index contributed by atoms with van der Waals surface area (Å²) in [5, 5.41) is 12.8. The van der Waals surface area contributed by atoms with Gasteiger partial charge >= 0.3 is 12.5 Å². The van der Waals surface area contributed by atoms with Gasteiger partial charge in [-0.05, 0) is 37.7 Å². The third-order valence-corrected chi connectivity index (χ3v) is 6.57. The van der Waals surface area contributed by atoms with Crippen LogP contribution in [-0.4, -0.2) is 90.8 Å². The number of methoxy groups -OCH3 is 1. The van der Waals surface area contributed by atoms with Gasteiger partial charge in [-0.25, -0.2) is 9.78 Å². The van der Waals surface area contributed by atoms with Crippen molar-refractivity contribution in [1.82, 2.24) is 19.8 Å². The van der Waals surface area contributed by atoms with Crippen LogP contribution in [0.15, 0.2) is 54.7 Å². The Morgan fingerprint density at radius 3 is 2.55 bits per heavy atom. The number of alkyl halides is 3. The highest BCUT2D eigenvalue weighted by Crippen LogP contribution is 2.32. The van der Waals surface area contributed by atoms with Crippen LogP contribution in [-0.2, 0) is 6.54 Å². The maximum Gasteiger partial charge on any atom is 0.573 e. The van der Waals surface area contributed by atoms with Crippen LogP contribution in [0.2, 0.25) is 0 Å². The van der Waals surface area contributed by atoms with Gasteiger partial charge in [0.05, 0.1) is 20.3 Å². The highest BCUT2D eigenvalue weighted by Gasteiger charge is 2.32. The third-order valence-electron chi connectivity index (χ3n) is 6.57. The molecule has 0 radical (unpaired) electrons. The quantitative estimate of drug-likeness (QED) is 0.285. The minimum Gasteiger partial charge on any atom is -0.493 e. The summed E-state index contributed by atoms with van der Waals surface area (Å²) in [5.74, 6) is 0.588. The monoisotopic (exact) mass is 590 g/mol. The molecule has 2 heterocycles. The zero-order valence-electron chi connectivity index (χ0n) is 23.3. The lowest BCUT2D eigenvalue weighted by atomic mass is 10.2. The van der Waals surface area contributed by atoms with E-state index >= 15 is 0 Å².